The molecule has 3 rings (SSSR count). The average Bonchev–Trinajstić information content (AvgIpc) is 2.50. The van der Waals surface area contributed by atoms with Crippen molar-refractivity contribution in [1.29, 1.82) is 0 Å². The Kier molecular flexibility index (Phi) is 3.62. The maximum absolute atomic E-state index is 14.0. The van der Waals surface area contributed by atoms with E-state index in [0.29, 0.717) is 22.5 Å². The van der Waals surface area contributed by atoms with Crippen molar-refractivity contribution in [1.82, 2.24) is 10.3 Å². The molecule has 1 aliphatic heterocycles. The van der Waals surface area contributed by atoms with Gasteiger partial charge in [-0.3, -0.25) is 4.98 Å². The van der Waals surface area contributed by atoms with Crippen molar-refractivity contribution < 1.29 is 4.39 Å². The lowest BCUT2D eigenvalue weighted by Gasteiger charge is -2.29. The molecule has 1 aromatic heterocycles. The molecule has 5 nitrogen and oxygen atoms in total. The summed E-state index contributed by atoms with van der Waals surface area (Å²) < 4.78 is 14.0. The number of rotatable bonds is 2. The average molecular weight is 287 g/mol. The summed E-state index contributed by atoms with van der Waals surface area (Å²) in [4.78, 5) is 6.19. The number of nitrogens with one attached hydrogen (secondary N) is 1. The molecule has 1 aliphatic rings. The van der Waals surface area contributed by atoms with Crippen molar-refractivity contribution >= 4 is 17.1 Å². The van der Waals surface area contributed by atoms with Gasteiger partial charge in [0.1, 0.15) is 5.82 Å². The zero-order valence-corrected chi connectivity index (χ0v) is 11.6. The monoisotopic (exact) mass is 287 g/mol. The number of halogens is 1. The smallest absolute Gasteiger partial charge is 0.125 e. The molecule has 2 heterocycles. The van der Waals surface area contributed by atoms with Crippen LogP contribution in [-0.4, -0.2) is 31.2 Å². The maximum atomic E-state index is 14.0. The van der Waals surface area contributed by atoms with Gasteiger partial charge in [0.05, 0.1) is 17.6 Å². The number of nitrogen functional groups attached to an aromatic ring is 2. The molecule has 0 radical (unpaired) electrons. The molecule has 0 aliphatic carbocycles. The number of anilines is 3. The SMILES string of the molecule is Nc1cncc(-c2cc(F)cc(N3CCNCC3)c2)c1N. The Labute approximate surface area is 122 Å². The van der Waals surface area contributed by atoms with Gasteiger partial charge in [-0.25, -0.2) is 4.39 Å². The first-order valence-electron chi connectivity index (χ1n) is 6.91. The van der Waals surface area contributed by atoms with E-state index in [1.807, 2.05) is 6.07 Å². The number of nitrogens with zero attached hydrogens (tertiary/aromatic N) is 2. The van der Waals surface area contributed by atoms with E-state index in [1.165, 1.54) is 12.3 Å². The first kappa shape index (κ1) is 13.6. The first-order valence-corrected chi connectivity index (χ1v) is 6.91. The molecule has 0 bridgehead atoms. The highest BCUT2D eigenvalue weighted by Crippen LogP contribution is 2.32. The Morgan fingerprint density at radius 2 is 1.86 bits per heavy atom. The summed E-state index contributed by atoms with van der Waals surface area (Å²) >= 11 is 0. The summed E-state index contributed by atoms with van der Waals surface area (Å²) in [6, 6.07) is 4.93. The van der Waals surface area contributed by atoms with Crippen LogP contribution in [0.2, 0.25) is 0 Å². The zero-order valence-electron chi connectivity index (χ0n) is 11.6. The molecule has 6 heteroatoms. The van der Waals surface area contributed by atoms with Crippen molar-refractivity contribution in [2.75, 3.05) is 42.5 Å². The van der Waals surface area contributed by atoms with Gasteiger partial charge in [0.25, 0.3) is 0 Å². The van der Waals surface area contributed by atoms with Crippen LogP contribution in [0.25, 0.3) is 11.1 Å². The van der Waals surface area contributed by atoms with Crippen LogP contribution in [0, 0.1) is 5.82 Å². The molecule has 2 aromatic rings. The fourth-order valence-electron chi connectivity index (χ4n) is 2.55. The number of benzene rings is 1. The van der Waals surface area contributed by atoms with E-state index in [2.05, 4.69) is 15.2 Å². The Morgan fingerprint density at radius 1 is 1.10 bits per heavy atom. The van der Waals surface area contributed by atoms with Crippen molar-refractivity contribution in [3.05, 3.63) is 36.4 Å². The molecular weight excluding hydrogens is 269 g/mol. The summed E-state index contributed by atoms with van der Waals surface area (Å²) in [6.45, 7) is 3.50. The molecule has 0 saturated carbocycles. The summed E-state index contributed by atoms with van der Waals surface area (Å²) in [5.41, 5.74) is 14.8. The van der Waals surface area contributed by atoms with E-state index in [-0.39, 0.29) is 5.82 Å². The van der Waals surface area contributed by atoms with Crippen molar-refractivity contribution in [3.63, 3.8) is 0 Å². The van der Waals surface area contributed by atoms with Crippen molar-refractivity contribution in [3.8, 4) is 11.1 Å². The molecule has 110 valence electrons. The van der Waals surface area contributed by atoms with Crippen LogP contribution in [0.1, 0.15) is 0 Å². The molecule has 0 unspecified atom stereocenters. The molecule has 0 atom stereocenters. The number of hydrogen-bond donors (Lipinski definition) is 3. The Hall–Kier alpha value is -2.34. The molecule has 21 heavy (non-hydrogen) atoms. The maximum Gasteiger partial charge on any atom is 0.125 e. The molecule has 1 aromatic carbocycles. The molecule has 5 N–H and O–H groups in total. The third-order valence-electron chi connectivity index (χ3n) is 3.69. The third-order valence-corrected chi connectivity index (χ3v) is 3.69. The molecule has 0 amide bonds. The minimum atomic E-state index is -0.289. The van der Waals surface area contributed by atoms with E-state index in [4.69, 9.17) is 11.5 Å². The Morgan fingerprint density at radius 3 is 2.62 bits per heavy atom. The summed E-state index contributed by atoms with van der Waals surface area (Å²) in [6.07, 6.45) is 3.11. The van der Waals surface area contributed by atoms with Gasteiger partial charge < -0.3 is 21.7 Å². The van der Waals surface area contributed by atoms with Crippen LogP contribution in [-0.2, 0) is 0 Å². The van der Waals surface area contributed by atoms with Crippen molar-refractivity contribution in [2.45, 2.75) is 0 Å². The predicted molar refractivity (Wildman–Crippen MR) is 83.5 cm³/mol. The van der Waals surface area contributed by atoms with E-state index in [9.17, 15) is 4.39 Å². The second-order valence-electron chi connectivity index (χ2n) is 5.13. The van der Waals surface area contributed by atoms with Crippen LogP contribution in [0.4, 0.5) is 21.5 Å². The topological polar surface area (TPSA) is 80.2 Å². The van der Waals surface area contributed by atoms with Crippen LogP contribution in [0.3, 0.4) is 0 Å². The Bertz CT molecular complexity index is 653. The van der Waals surface area contributed by atoms with Gasteiger partial charge in [-0.1, -0.05) is 0 Å². The fourth-order valence-corrected chi connectivity index (χ4v) is 2.55. The van der Waals surface area contributed by atoms with Gasteiger partial charge in [0.15, 0.2) is 0 Å². The second kappa shape index (κ2) is 5.57. The number of aromatic nitrogens is 1. The molecule has 0 spiro atoms. The lowest BCUT2D eigenvalue weighted by Crippen LogP contribution is -2.43. The van der Waals surface area contributed by atoms with Gasteiger partial charge in [-0.15, -0.1) is 0 Å². The van der Waals surface area contributed by atoms with Gasteiger partial charge in [0, 0.05) is 43.6 Å². The van der Waals surface area contributed by atoms with Crippen LogP contribution < -0.4 is 21.7 Å². The quantitative estimate of drug-likeness (QED) is 0.779. The van der Waals surface area contributed by atoms with Gasteiger partial charge >= 0.3 is 0 Å². The standard InChI is InChI=1S/C15H18FN5/c16-11-5-10(13-8-20-9-14(17)15(13)18)6-12(7-11)21-3-1-19-2-4-21/h5-9,19H,1-4,17H2,(H2,18,20). The summed E-state index contributed by atoms with van der Waals surface area (Å²) in [7, 11) is 0. The van der Waals surface area contributed by atoms with E-state index in [1.54, 1.807) is 12.3 Å². The highest BCUT2D eigenvalue weighted by Gasteiger charge is 2.14. The Balaban J connectivity index is 2.03. The molecule has 1 fully saturated rings. The predicted octanol–water partition coefficient (Wildman–Crippen LogP) is 1.46. The number of pyridine rings is 1. The normalized spacial score (nSPS) is 15.2. The number of nitrogens with two attached hydrogens (primary N) is 2. The highest BCUT2D eigenvalue weighted by molar-refractivity contribution is 5.84. The van der Waals surface area contributed by atoms with Gasteiger partial charge in [-0.05, 0) is 23.8 Å². The first-order chi connectivity index (χ1) is 10.1. The van der Waals surface area contributed by atoms with Crippen LogP contribution >= 0.6 is 0 Å². The summed E-state index contributed by atoms with van der Waals surface area (Å²) in [5, 5.41) is 3.28. The largest absolute Gasteiger partial charge is 0.396 e. The second-order valence-corrected chi connectivity index (χ2v) is 5.13. The van der Waals surface area contributed by atoms with Crippen LogP contribution in [0.5, 0.6) is 0 Å². The minimum Gasteiger partial charge on any atom is -0.396 e. The lowest BCUT2D eigenvalue weighted by atomic mass is 10.0. The molecule has 1 saturated heterocycles. The van der Waals surface area contributed by atoms with E-state index < -0.39 is 0 Å². The summed E-state index contributed by atoms with van der Waals surface area (Å²) in [5.74, 6) is -0.289. The number of piperazine rings is 1. The highest BCUT2D eigenvalue weighted by atomic mass is 19.1. The van der Waals surface area contributed by atoms with Crippen molar-refractivity contribution in [2.24, 2.45) is 0 Å². The minimum absolute atomic E-state index is 0.289. The number of hydrogen-bond acceptors (Lipinski definition) is 5. The lowest BCUT2D eigenvalue weighted by molar-refractivity contribution is 0.585. The van der Waals surface area contributed by atoms with E-state index in [0.717, 1.165) is 31.9 Å². The fraction of sp³-hybridized carbons (Fsp3) is 0.267. The third kappa shape index (κ3) is 2.75. The molecular formula is C15H18FN5. The van der Waals surface area contributed by atoms with Gasteiger partial charge in [0.2, 0.25) is 0 Å². The van der Waals surface area contributed by atoms with Gasteiger partial charge in [-0.2, -0.15) is 0 Å². The zero-order chi connectivity index (χ0) is 14.8. The van der Waals surface area contributed by atoms with Crippen LogP contribution in [0.15, 0.2) is 30.6 Å². The van der Waals surface area contributed by atoms with E-state index >= 15 is 0 Å².